The van der Waals surface area contributed by atoms with E-state index in [-0.39, 0.29) is 16.2 Å². The Balaban J connectivity index is 2.27. The van der Waals surface area contributed by atoms with Crippen molar-refractivity contribution < 1.29 is 13.2 Å². The molecule has 0 aliphatic carbocycles. The first-order chi connectivity index (χ1) is 10.3. The maximum atomic E-state index is 12.9. The molecule has 0 aromatic carbocycles. The molecule has 0 radical (unpaired) electrons. The van der Waals surface area contributed by atoms with Crippen molar-refractivity contribution in [2.75, 3.05) is 32.0 Å². The number of rotatable bonds is 4. The van der Waals surface area contributed by atoms with Gasteiger partial charge in [-0.15, -0.1) is 0 Å². The average molecular weight is 346 g/mol. The number of carbonyl (C=O) groups is 1. The van der Waals surface area contributed by atoms with E-state index in [1.807, 2.05) is 14.0 Å². The van der Waals surface area contributed by atoms with Crippen LogP contribution in [0.15, 0.2) is 10.4 Å². The molecule has 124 valence electrons. The molecule has 1 N–H and O–H groups in total. The Morgan fingerprint density at radius 1 is 1.50 bits per heavy atom. The van der Waals surface area contributed by atoms with Crippen LogP contribution in [0, 0.1) is 0 Å². The van der Waals surface area contributed by atoms with Gasteiger partial charge in [-0.05, 0) is 26.4 Å². The minimum atomic E-state index is -3.57. The molecular formula is C13H22N4O3S2. The Bertz CT molecular complexity index is 629. The third-order valence-corrected chi connectivity index (χ3v) is 6.95. The van der Waals surface area contributed by atoms with Gasteiger partial charge in [0, 0.05) is 26.1 Å². The summed E-state index contributed by atoms with van der Waals surface area (Å²) in [6.45, 7) is 5.50. The van der Waals surface area contributed by atoms with Gasteiger partial charge in [-0.3, -0.25) is 4.79 Å². The number of thiazole rings is 1. The van der Waals surface area contributed by atoms with E-state index in [9.17, 15) is 13.2 Å². The lowest BCUT2D eigenvalue weighted by Crippen LogP contribution is -2.43. The van der Waals surface area contributed by atoms with Crippen molar-refractivity contribution in [3.05, 3.63) is 6.20 Å². The van der Waals surface area contributed by atoms with Gasteiger partial charge in [0.05, 0.1) is 6.20 Å². The molecule has 7 nitrogen and oxygen atoms in total. The van der Waals surface area contributed by atoms with Gasteiger partial charge >= 0.3 is 0 Å². The summed E-state index contributed by atoms with van der Waals surface area (Å²) in [6.07, 6.45) is 2.90. The second-order valence-corrected chi connectivity index (χ2v) is 8.61. The molecule has 1 aliphatic heterocycles. The van der Waals surface area contributed by atoms with Gasteiger partial charge in [0.2, 0.25) is 5.91 Å². The van der Waals surface area contributed by atoms with Gasteiger partial charge < -0.3 is 10.2 Å². The highest BCUT2D eigenvalue weighted by Gasteiger charge is 2.34. The maximum Gasteiger partial charge on any atom is 0.254 e. The van der Waals surface area contributed by atoms with Crippen LogP contribution in [0.3, 0.4) is 0 Å². The minimum Gasteiger partial charge on any atom is -0.305 e. The van der Waals surface area contributed by atoms with E-state index in [0.717, 1.165) is 37.3 Å². The molecule has 1 saturated heterocycles. The highest BCUT2D eigenvalue weighted by molar-refractivity contribution is 7.91. The zero-order valence-electron chi connectivity index (χ0n) is 13.1. The van der Waals surface area contributed by atoms with Gasteiger partial charge in [0.1, 0.15) is 0 Å². The molecule has 2 rings (SSSR count). The fourth-order valence-corrected chi connectivity index (χ4v) is 5.51. The van der Waals surface area contributed by atoms with Crippen LogP contribution < -0.4 is 5.32 Å². The molecule has 0 saturated carbocycles. The smallest absolute Gasteiger partial charge is 0.254 e. The molecular weight excluding hydrogens is 324 g/mol. The summed E-state index contributed by atoms with van der Waals surface area (Å²) >= 11 is 0.996. The summed E-state index contributed by atoms with van der Waals surface area (Å²) in [4.78, 5) is 17.2. The lowest BCUT2D eigenvalue weighted by molar-refractivity contribution is -0.114. The Hall–Kier alpha value is -1.03. The van der Waals surface area contributed by atoms with Gasteiger partial charge in [0.25, 0.3) is 10.0 Å². The van der Waals surface area contributed by atoms with E-state index in [1.54, 1.807) is 4.31 Å². The zero-order chi connectivity index (χ0) is 16.3. The van der Waals surface area contributed by atoms with E-state index < -0.39 is 10.0 Å². The number of sulfonamides is 1. The number of nitrogens with zero attached hydrogens (tertiary/aromatic N) is 3. The van der Waals surface area contributed by atoms with Gasteiger partial charge in [0.15, 0.2) is 9.34 Å². The number of nitrogens with one attached hydrogen (secondary N) is 1. The second kappa shape index (κ2) is 7.03. The van der Waals surface area contributed by atoms with Crippen molar-refractivity contribution in [3.63, 3.8) is 0 Å². The van der Waals surface area contributed by atoms with Crippen LogP contribution in [0.4, 0.5) is 5.13 Å². The van der Waals surface area contributed by atoms with E-state index in [0.29, 0.717) is 11.7 Å². The second-order valence-electron chi connectivity index (χ2n) is 5.46. The number of aromatic nitrogens is 1. The molecule has 1 amide bonds. The van der Waals surface area contributed by atoms with Crippen LogP contribution in [-0.2, 0) is 14.8 Å². The first kappa shape index (κ1) is 17.3. The maximum absolute atomic E-state index is 12.9. The Morgan fingerprint density at radius 2 is 2.23 bits per heavy atom. The largest absolute Gasteiger partial charge is 0.305 e. The van der Waals surface area contributed by atoms with Crippen LogP contribution in [0.1, 0.15) is 26.7 Å². The van der Waals surface area contributed by atoms with Crippen molar-refractivity contribution in [1.29, 1.82) is 0 Å². The summed E-state index contributed by atoms with van der Waals surface area (Å²) < 4.78 is 27.5. The predicted molar refractivity (Wildman–Crippen MR) is 86.5 cm³/mol. The monoisotopic (exact) mass is 346 g/mol. The normalized spacial score (nSPS) is 21.5. The standard InChI is InChI=1S/C13H22N4O3S2/c1-4-11-9-16(3)6-5-7-17(11)22(19,20)12-8-14-13(21-12)15-10(2)18/h8,11H,4-7,9H2,1-3H3,(H,14,15,18). The molecule has 1 aliphatic rings. The fraction of sp³-hybridized carbons (Fsp3) is 0.692. The highest BCUT2D eigenvalue weighted by atomic mass is 32.2. The summed E-state index contributed by atoms with van der Waals surface area (Å²) in [7, 11) is -1.56. The van der Waals surface area contributed by atoms with E-state index in [2.05, 4.69) is 15.2 Å². The van der Waals surface area contributed by atoms with Crippen molar-refractivity contribution >= 4 is 32.4 Å². The highest BCUT2D eigenvalue weighted by Crippen LogP contribution is 2.28. The summed E-state index contributed by atoms with van der Waals surface area (Å²) in [5.41, 5.74) is 0. The van der Waals surface area contributed by atoms with Crippen LogP contribution in [0.25, 0.3) is 0 Å². The Kier molecular flexibility index (Phi) is 5.54. The number of hydrogen-bond acceptors (Lipinski definition) is 6. The lowest BCUT2D eigenvalue weighted by atomic mass is 10.2. The molecule has 0 bridgehead atoms. The van der Waals surface area contributed by atoms with Crippen LogP contribution in [0.5, 0.6) is 0 Å². The number of anilines is 1. The molecule has 22 heavy (non-hydrogen) atoms. The van der Waals surface area contributed by atoms with Crippen molar-refractivity contribution in [2.24, 2.45) is 0 Å². The first-order valence-electron chi connectivity index (χ1n) is 7.28. The Morgan fingerprint density at radius 3 is 2.86 bits per heavy atom. The van der Waals surface area contributed by atoms with Gasteiger partial charge in [-0.1, -0.05) is 18.3 Å². The molecule has 1 aromatic heterocycles. The van der Waals surface area contributed by atoms with Crippen LogP contribution >= 0.6 is 11.3 Å². The quantitative estimate of drug-likeness (QED) is 0.886. The minimum absolute atomic E-state index is 0.0381. The number of amides is 1. The number of hydrogen-bond donors (Lipinski definition) is 1. The van der Waals surface area contributed by atoms with E-state index in [1.165, 1.54) is 13.1 Å². The number of carbonyl (C=O) groups excluding carboxylic acids is 1. The van der Waals surface area contributed by atoms with Crippen molar-refractivity contribution in [1.82, 2.24) is 14.2 Å². The van der Waals surface area contributed by atoms with E-state index in [4.69, 9.17) is 0 Å². The zero-order valence-corrected chi connectivity index (χ0v) is 14.7. The lowest BCUT2D eigenvalue weighted by Gasteiger charge is -2.28. The molecule has 2 heterocycles. The van der Waals surface area contributed by atoms with Crippen molar-refractivity contribution in [3.8, 4) is 0 Å². The van der Waals surface area contributed by atoms with Crippen LogP contribution in [0.2, 0.25) is 0 Å². The molecule has 1 atom stereocenters. The molecule has 1 aromatic rings. The first-order valence-corrected chi connectivity index (χ1v) is 9.54. The summed E-state index contributed by atoms with van der Waals surface area (Å²) in [5, 5.41) is 2.83. The topological polar surface area (TPSA) is 82.6 Å². The molecule has 1 fully saturated rings. The summed E-state index contributed by atoms with van der Waals surface area (Å²) in [5.74, 6) is -0.263. The Labute approximate surface area is 135 Å². The molecule has 1 unspecified atom stereocenters. The fourth-order valence-electron chi connectivity index (χ4n) is 2.57. The average Bonchev–Trinajstić information content (AvgIpc) is 2.80. The third-order valence-electron chi connectivity index (χ3n) is 3.65. The SMILES string of the molecule is CCC1CN(C)CCCN1S(=O)(=O)c1cnc(NC(C)=O)s1. The van der Waals surface area contributed by atoms with Crippen LogP contribution in [-0.4, -0.2) is 61.2 Å². The number of likely N-dealkylation sites (N-methyl/N-ethyl adjacent to an activating group) is 1. The van der Waals surface area contributed by atoms with Crippen molar-refractivity contribution in [2.45, 2.75) is 36.9 Å². The molecule has 0 spiro atoms. The van der Waals surface area contributed by atoms with E-state index >= 15 is 0 Å². The third kappa shape index (κ3) is 3.83. The predicted octanol–water partition coefficient (Wildman–Crippen LogP) is 1.21. The van der Waals surface area contributed by atoms with Gasteiger partial charge in [-0.2, -0.15) is 4.31 Å². The summed E-state index contributed by atoms with van der Waals surface area (Å²) in [6, 6.07) is -0.0381. The van der Waals surface area contributed by atoms with Gasteiger partial charge in [-0.25, -0.2) is 13.4 Å². The molecule has 9 heteroatoms.